The lowest BCUT2D eigenvalue weighted by molar-refractivity contribution is -0.139. The van der Waals surface area contributed by atoms with E-state index in [4.69, 9.17) is 4.74 Å². The van der Waals surface area contributed by atoms with Crippen LogP contribution in [-0.2, 0) is 4.79 Å². The normalized spacial score (nSPS) is 12.9. The third-order valence-electron chi connectivity index (χ3n) is 2.28. The maximum atomic E-state index is 13.4. The summed E-state index contributed by atoms with van der Waals surface area (Å²) in [6, 6.07) is 3.52. The molecule has 2 N–H and O–H groups in total. The number of alkyl halides is 3. The van der Waals surface area contributed by atoms with E-state index in [1.54, 1.807) is 5.32 Å². The van der Waals surface area contributed by atoms with Crippen molar-refractivity contribution in [3.63, 3.8) is 0 Å². The summed E-state index contributed by atoms with van der Waals surface area (Å²) in [5.41, 5.74) is 0.0545. The summed E-state index contributed by atoms with van der Waals surface area (Å²) in [7, 11) is 0. The molecule has 0 aliphatic carbocycles. The van der Waals surface area contributed by atoms with Gasteiger partial charge < -0.3 is 15.2 Å². The average molecular weight is 295 g/mol. The summed E-state index contributed by atoms with van der Waals surface area (Å²) < 4.78 is 53.8. The lowest BCUT2D eigenvalue weighted by atomic mass is 10.1. The SMILES string of the molecule is C[C@H](O)c1ccc(OCC(=O)NCC(F)(F)F)cc1F. The molecule has 1 atom stereocenters. The summed E-state index contributed by atoms with van der Waals surface area (Å²) in [6.45, 7) is -0.739. The van der Waals surface area contributed by atoms with Crippen LogP contribution in [0.15, 0.2) is 18.2 Å². The summed E-state index contributed by atoms with van der Waals surface area (Å²) >= 11 is 0. The zero-order valence-electron chi connectivity index (χ0n) is 10.5. The molecule has 20 heavy (non-hydrogen) atoms. The summed E-state index contributed by atoms with van der Waals surface area (Å²) in [6.07, 6.45) is -5.50. The second kappa shape index (κ2) is 6.56. The number of ether oxygens (including phenoxy) is 1. The smallest absolute Gasteiger partial charge is 0.405 e. The summed E-state index contributed by atoms with van der Waals surface area (Å²) in [5.74, 6) is -1.72. The number of carbonyl (C=O) groups excluding carboxylic acids is 1. The van der Waals surface area contributed by atoms with E-state index in [0.717, 1.165) is 6.07 Å². The second-order valence-corrected chi connectivity index (χ2v) is 4.04. The van der Waals surface area contributed by atoms with Crippen LogP contribution in [0.25, 0.3) is 0 Å². The molecule has 0 unspecified atom stereocenters. The van der Waals surface area contributed by atoms with E-state index >= 15 is 0 Å². The zero-order chi connectivity index (χ0) is 15.3. The minimum atomic E-state index is -4.50. The molecule has 1 aromatic rings. The first-order chi connectivity index (χ1) is 9.19. The van der Waals surface area contributed by atoms with E-state index in [1.165, 1.54) is 19.1 Å². The van der Waals surface area contributed by atoms with Crippen molar-refractivity contribution < 1.29 is 32.2 Å². The molecule has 0 aliphatic heterocycles. The van der Waals surface area contributed by atoms with E-state index in [-0.39, 0.29) is 11.3 Å². The largest absolute Gasteiger partial charge is 0.484 e. The Bertz CT molecular complexity index is 474. The Hall–Kier alpha value is -1.83. The highest BCUT2D eigenvalue weighted by Gasteiger charge is 2.27. The first kappa shape index (κ1) is 16.2. The van der Waals surface area contributed by atoms with Gasteiger partial charge in [-0.05, 0) is 19.1 Å². The van der Waals surface area contributed by atoms with Crippen molar-refractivity contribution >= 4 is 5.91 Å². The molecule has 0 saturated heterocycles. The molecule has 1 aromatic carbocycles. The highest BCUT2D eigenvalue weighted by molar-refractivity contribution is 5.77. The standard InChI is InChI=1S/C12H13F4NO3/c1-7(18)9-3-2-8(4-10(9)13)20-5-11(19)17-6-12(14,15)16/h2-4,7,18H,5-6H2,1H3,(H,17,19)/t7-/m0/s1. The highest BCUT2D eigenvalue weighted by atomic mass is 19.4. The van der Waals surface area contributed by atoms with Gasteiger partial charge in [0.2, 0.25) is 0 Å². The highest BCUT2D eigenvalue weighted by Crippen LogP contribution is 2.21. The Kier molecular flexibility index (Phi) is 5.32. The van der Waals surface area contributed by atoms with Gasteiger partial charge in [0.15, 0.2) is 6.61 Å². The van der Waals surface area contributed by atoms with Gasteiger partial charge in [-0.3, -0.25) is 4.79 Å². The van der Waals surface area contributed by atoms with E-state index < -0.39 is 37.2 Å². The lowest BCUT2D eigenvalue weighted by Crippen LogP contribution is -2.36. The van der Waals surface area contributed by atoms with Crippen LogP contribution < -0.4 is 10.1 Å². The number of hydrogen-bond acceptors (Lipinski definition) is 3. The molecule has 0 radical (unpaired) electrons. The van der Waals surface area contributed by atoms with Gasteiger partial charge in [0, 0.05) is 11.6 Å². The third kappa shape index (κ3) is 5.43. The Labute approximate surface area is 112 Å². The fourth-order valence-electron chi connectivity index (χ4n) is 1.34. The Morgan fingerprint density at radius 2 is 2.10 bits per heavy atom. The number of nitrogens with one attached hydrogen (secondary N) is 1. The number of hydrogen-bond donors (Lipinski definition) is 2. The number of rotatable bonds is 5. The fraction of sp³-hybridized carbons (Fsp3) is 0.417. The second-order valence-electron chi connectivity index (χ2n) is 4.04. The van der Waals surface area contributed by atoms with Gasteiger partial charge >= 0.3 is 6.18 Å². The molecule has 0 heterocycles. The molecule has 0 bridgehead atoms. The summed E-state index contributed by atoms with van der Waals surface area (Å²) in [5, 5.41) is 10.8. The Balaban J connectivity index is 2.50. The minimum Gasteiger partial charge on any atom is -0.484 e. The van der Waals surface area contributed by atoms with Gasteiger partial charge in [-0.15, -0.1) is 0 Å². The fourth-order valence-corrected chi connectivity index (χ4v) is 1.34. The monoisotopic (exact) mass is 295 g/mol. The van der Waals surface area contributed by atoms with Gasteiger partial charge in [0.1, 0.15) is 18.1 Å². The average Bonchev–Trinajstić information content (AvgIpc) is 2.32. The van der Waals surface area contributed by atoms with Gasteiger partial charge in [-0.1, -0.05) is 0 Å². The van der Waals surface area contributed by atoms with Gasteiger partial charge in [-0.2, -0.15) is 13.2 Å². The molecular weight excluding hydrogens is 282 g/mol. The van der Waals surface area contributed by atoms with Crippen LogP contribution >= 0.6 is 0 Å². The minimum absolute atomic E-state index is 0.0194. The number of halogens is 4. The van der Waals surface area contributed by atoms with Gasteiger partial charge in [0.25, 0.3) is 5.91 Å². The molecular formula is C12H13F4NO3. The molecule has 1 amide bonds. The topological polar surface area (TPSA) is 58.6 Å². The van der Waals surface area contributed by atoms with E-state index in [2.05, 4.69) is 0 Å². The van der Waals surface area contributed by atoms with Crippen LogP contribution in [0, 0.1) is 5.82 Å². The van der Waals surface area contributed by atoms with Crippen molar-refractivity contribution in [2.75, 3.05) is 13.2 Å². The van der Waals surface area contributed by atoms with Crippen molar-refractivity contribution in [1.82, 2.24) is 5.32 Å². The summed E-state index contributed by atoms with van der Waals surface area (Å²) in [4.78, 5) is 11.1. The maximum Gasteiger partial charge on any atom is 0.405 e. The van der Waals surface area contributed by atoms with Crippen molar-refractivity contribution in [3.8, 4) is 5.75 Å². The number of aliphatic hydroxyl groups is 1. The third-order valence-corrected chi connectivity index (χ3v) is 2.28. The number of amides is 1. The molecule has 1 rings (SSSR count). The molecule has 4 nitrogen and oxygen atoms in total. The van der Waals surface area contributed by atoms with Gasteiger partial charge in [-0.25, -0.2) is 4.39 Å². The molecule has 0 fully saturated rings. The number of benzene rings is 1. The Morgan fingerprint density at radius 1 is 1.45 bits per heavy atom. The quantitative estimate of drug-likeness (QED) is 0.816. The van der Waals surface area contributed by atoms with Crippen LogP contribution in [0.5, 0.6) is 5.75 Å². The van der Waals surface area contributed by atoms with E-state index in [9.17, 15) is 27.5 Å². The Morgan fingerprint density at radius 3 is 2.60 bits per heavy atom. The van der Waals surface area contributed by atoms with Crippen molar-refractivity contribution in [1.29, 1.82) is 0 Å². The van der Waals surface area contributed by atoms with Crippen LogP contribution in [0.3, 0.4) is 0 Å². The van der Waals surface area contributed by atoms with Crippen LogP contribution in [0.4, 0.5) is 17.6 Å². The van der Waals surface area contributed by atoms with Crippen molar-refractivity contribution in [3.05, 3.63) is 29.6 Å². The molecule has 0 spiro atoms. The lowest BCUT2D eigenvalue weighted by Gasteiger charge is -2.11. The molecule has 0 saturated carbocycles. The number of carbonyl (C=O) groups is 1. The van der Waals surface area contributed by atoms with Crippen LogP contribution in [0.2, 0.25) is 0 Å². The maximum absolute atomic E-state index is 13.4. The van der Waals surface area contributed by atoms with Crippen molar-refractivity contribution in [2.45, 2.75) is 19.2 Å². The zero-order valence-corrected chi connectivity index (χ0v) is 10.5. The molecule has 8 heteroatoms. The predicted molar refractivity (Wildman–Crippen MR) is 61.6 cm³/mol. The molecule has 0 aromatic heterocycles. The first-order valence-electron chi connectivity index (χ1n) is 5.63. The van der Waals surface area contributed by atoms with E-state index in [0.29, 0.717) is 0 Å². The van der Waals surface area contributed by atoms with Crippen LogP contribution in [0.1, 0.15) is 18.6 Å². The molecule has 0 aliphatic rings. The first-order valence-corrected chi connectivity index (χ1v) is 5.63. The predicted octanol–water partition coefficient (Wildman–Crippen LogP) is 1.94. The number of aliphatic hydroxyl groups excluding tert-OH is 1. The van der Waals surface area contributed by atoms with Gasteiger partial charge in [0.05, 0.1) is 6.10 Å². The van der Waals surface area contributed by atoms with Crippen LogP contribution in [-0.4, -0.2) is 30.3 Å². The van der Waals surface area contributed by atoms with Crippen molar-refractivity contribution in [2.24, 2.45) is 0 Å². The molecule has 112 valence electrons. The van der Waals surface area contributed by atoms with E-state index in [1.807, 2.05) is 0 Å².